The molecule has 40 heavy (non-hydrogen) atoms. The standard InChI is InChI=1S/C33H41N3O4/c1-24-13-12-14-25(2)32(24)40-22-11-10-21-36-28-16-8-7-15-27(28)35-31(36)17-6-5-9-20-34-33(37)26-18-19-29(38-3)30(23-26)39-4/h7-8,12-16,18-19,23H,5-6,9-11,17,20-22H2,1-4H3,(H,34,37). The van der Waals surface area contributed by atoms with Crippen LogP contribution in [0.4, 0.5) is 0 Å². The zero-order valence-corrected chi connectivity index (χ0v) is 24.2. The lowest BCUT2D eigenvalue weighted by molar-refractivity contribution is 0.0952. The number of fused-ring (bicyclic) bond motifs is 1. The van der Waals surface area contributed by atoms with E-state index in [-0.39, 0.29) is 5.91 Å². The number of carbonyl (C=O) groups excluding carboxylic acids is 1. The SMILES string of the molecule is COc1ccc(C(=O)NCCCCCc2nc3ccccc3n2CCCCOc2c(C)cccc2C)cc1OC. The molecule has 0 aliphatic heterocycles. The highest BCUT2D eigenvalue weighted by Gasteiger charge is 2.12. The zero-order chi connectivity index (χ0) is 28.3. The fourth-order valence-corrected chi connectivity index (χ4v) is 5.01. The first-order chi connectivity index (χ1) is 19.5. The van der Waals surface area contributed by atoms with E-state index < -0.39 is 0 Å². The lowest BCUT2D eigenvalue weighted by Crippen LogP contribution is -2.24. The number of ether oxygens (including phenoxy) is 3. The van der Waals surface area contributed by atoms with Crippen LogP contribution in [-0.2, 0) is 13.0 Å². The lowest BCUT2D eigenvalue weighted by atomic mass is 10.1. The number of para-hydroxylation sites is 3. The van der Waals surface area contributed by atoms with Gasteiger partial charge in [-0.3, -0.25) is 4.79 Å². The molecule has 212 valence electrons. The molecule has 1 aromatic heterocycles. The summed E-state index contributed by atoms with van der Waals surface area (Å²) in [6.45, 7) is 6.46. The van der Waals surface area contributed by atoms with Gasteiger partial charge in [0, 0.05) is 25.1 Å². The number of imidazole rings is 1. The second kappa shape index (κ2) is 14.4. The Balaban J connectivity index is 1.23. The summed E-state index contributed by atoms with van der Waals surface area (Å²) in [5.74, 6) is 3.19. The molecule has 4 aromatic rings. The van der Waals surface area contributed by atoms with Gasteiger partial charge in [-0.15, -0.1) is 0 Å². The minimum Gasteiger partial charge on any atom is -0.493 e. The highest BCUT2D eigenvalue weighted by atomic mass is 16.5. The molecule has 0 spiro atoms. The number of benzene rings is 3. The van der Waals surface area contributed by atoms with E-state index in [1.165, 1.54) is 16.6 Å². The molecule has 7 nitrogen and oxygen atoms in total. The van der Waals surface area contributed by atoms with Crippen molar-refractivity contribution in [2.45, 2.75) is 58.9 Å². The maximum atomic E-state index is 12.5. The maximum absolute atomic E-state index is 12.5. The smallest absolute Gasteiger partial charge is 0.251 e. The van der Waals surface area contributed by atoms with E-state index >= 15 is 0 Å². The van der Waals surface area contributed by atoms with Gasteiger partial charge in [-0.1, -0.05) is 36.8 Å². The molecule has 0 saturated heterocycles. The van der Waals surface area contributed by atoms with Gasteiger partial charge in [-0.25, -0.2) is 4.98 Å². The van der Waals surface area contributed by atoms with Gasteiger partial charge in [0.1, 0.15) is 11.6 Å². The molecule has 0 aliphatic rings. The average Bonchev–Trinajstić information content (AvgIpc) is 3.32. The molecule has 0 radical (unpaired) electrons. The number of aromatic nitrogens is 2. The Kier molecular flexibility index (Phi) is 10.4. The predicted molar refractivity (Wildman–Crippen MR) is 160 cm³/mol. The Morgan fingerprint density at radius 1 is 0.850 bits per heavy atom. The van der Waals surface area contributed by atoms with E-state index in [1.807, 2.05) is 6.07 Å². The molecule has 7 heteroatoms. The number of methoxy groups -OCH3 is 2. The Labute approximate surface area is 237 Å². The zero-order valence-electron chi connectivity index (χ0n) is 24.2. The molecule has 0 unspecified atom stereocenters. The molecule has 4 rings (SSSR count). The van der Waals surface area contributed by atoms with Gasteiger partial charge >= 0.3 is 0 Å². The van der Waals surface area contributed by atoms with Crippen molar-refractivity contribution in [1.82, 2.24) is 14.9 Å². The summed E-state index contributed by atoms with van der Waals surface area (Å²) in [7, 11) is 3.14. The molecule has 0 aliphatic carbocycles. The first kappa shape index (κ1) is 29.0. The molecular formula is C33H41N3O4. The third-order valence-electron chi connectivity index (χ3n) is 7.17. The molecule has 0 atom stereocenters. The normalized spacial score (nSPS) is 11.0. The van der Waals surface area contributed by atoms with Crippen LogP contribution in [0.3, 0.4) is 0 Å². The van der Waals surface area contributed by atoms with Crippen molar-refractivity contribution in [1.29, 1.82) is 0 Å². The average molecular weight is 544 g/mol. The van der Waals surface area contributed by atoms with Crippen LogP contribution in [0.1, 0.15) is 59.4 Å². The maximum Gasteiger partial charge on any atom is 0.251 e. The summed E-state index contributed by atoms with van der Waals surface area (Å²) in [6.07, 6.45) is 5.87. The van der Waals surface area contributed by atoms with Crippen LogP contribution >= 0.6 is 0 Å². The second-order valence-corrected chi connectivity index (χ2v) is 10.1. The van der Waals surface area contributed by atoms with Crippen LogP contribution in [0.5, 0.6) is 17.2 Å². The molecule has 3 aromatic carbocycles. The fraction of sp³-hybridized carbons (Fsp3) is 0.394. The van der Waals surface area contributed by atoms with E-state index in [0.29, 0.717) is 30.2 Å². The van der Waals surface area contributed by atoms with Crippen LogP contribution in [0, 0.1) is 13.8 Å². The number of carbonyl (C=O) groups is 1. The van der Waals surface area contributed by atoms with Gasteiger partial charge in [-0.05, 0) is 81.0 Å². The van der Waals surface area contributed by atoms with Gasteiger partial charge in [0.05, 0.1) is 31.9 Å². The largest absolute Gasteiger partial charge is 0.493 e. The number of rotatable bonds is 15. The Morgan fingerprint density at radius 3 is 2.40 bits per heavy atom. The summed E-state index contributed by atoms with van der Waals surface area (Å²) in [5, 5.41) is 3.01. The summed E-state index contributed by atoms with van der Waals surface area (Å²) < 4.78 is 19.0. The van der Waals surface area contributed by atoms with E-state index in [9.17, 15) is 4.79 Å². The van der Waals surface area contributed by atoms with Crippen molar-refractivity contribution in [3.05, 3.63) is 83.2 Å². The van der Waals surface area contributed by atoms with Crippen molar-refractivity contribution < 1.29 is 19.0 Å². The summed E-state index contributed by atoms with van der Waals surface area (Å²) >= 11 is 0. The van der Waals surface area contributed by atoms with Crippen LogP contribution < -0.4 is 19.5 Å². The number of unbranched alkanes of at least 4 members (excludes halogenated alkanes) is 3. The summed E-state index contributed by atoms with van der Waals surface area (Å²) in [4.78, 5) is 17.5. The van der Waals surface area contributed by atoms with Crippen LogP contribution in [0.2, 0.25) is 0 Å². The number of hydrogen-bond acceptors (Lipinski definition) is 5. The van der Waals surface area contributed by atoms with Crippen molar-refractivity contribution in [2.24, 2.45) is 0 Å². The Hall–Kier alpha value is -4.00. The molecule has 0 bridgehead atoms. The molecule has 1 amide bonds. The minimum atomic E-state index is -0.107. The van der Waals surface area contributed by atoms with Crippen molar-refractivity contribution in [2.75, 3.05) is 27.4 Å². The third-order valence-corrected chi connectivity index (χ3v) is 7.17. The van der Waals surface area contributed by atoms with Crippen LogP contribution in [0.15, 0.2) is 60.7 Å². The van der Waals surface area contributed by atoms with Crippen molar-refractivity contribution in [3.63, 3.8) is 0 Å². The summed E-state index contributed by atoms with van der Waals surface area (Å²) in [5.41, 5.74) is 5.17. The first-order valence-corrected chi connectivity index (χ1v) is 14.1. The second-order valence-electron chi connectivity index (χ2n) is 10.1. The van der Waals surface area contributed by atoms with Crippen LogP contribution in [0.25, 0.3) is 11.0 Å². The minimum absolute atomic E-state index is 0.107. The predicted octanol–water partition coefficient (Wildman–Crippen LogP) is 6.67. The number of nitrogens with one attached hydrogen (secondary N) is 1. The highest BCUT2D eigenvalue weighted by Crippen LogP contribution is 2.27. The van der Waals surface area contributed by atoms with Gasteiger partial charge < -0.3 is 24.1 Å². The number of hydrogen-bond donors (Lipinski definition) is 1. The molecule has 0 fully saturated rings. The Morgan fingerprint density at radius 2 is 1.62 bits per heavy atom. The van der Waals surface area contributed by atoms with E-state index in [2.05, 4.69) is 60.1 Å². The van der Waals surface area contributed by atoms with Crippen molar-refractivity contribution in [3.8, 4) is 17.2 Å². The fourth-order valence-electron chi connectivity index (χ4n) is 5.01. The Bertz CT molecular complexity index is 1390. The molecule has 1 heterocycles. The third kappa shape index (κ3) is 7.34. The van der Waals surface area contributed by atoms with Crippen LogP contribution in [-0.4, -0.2) is 42.8 Å². The molecule has 1 N–H and O–H groups in total. The summed E-state index contributed by atoms with van der Waals surface area (Å²) in [6, 6.07) is 19.8. The quantitative estimate of drug-likeness (QED) is 0.170. The molecule has 0 saturated carbocycles. The van der Waals surface area contributed by atoms with Gasteiger partial charge in [-0.2, -0.15) is 0 Å². The lowest BCUT2D eigenvalue weighted by Gasteiger charge is -2.13. The van der Waals surface area contributed by atoms with E-state index in [4.69, 9.17) is 19.2 Å². The highest BCUT2D eigenvalue weighted by molar-refractivity contribution is 5.94. The number of aryl methyl sites for hydroxylation is 4. The molecular weight excluding hydrogens is 502 g/mol. The van der Waals surface area contributed by atoms with Crippen molar-refractivity contribution >= 4 is 16.9 Å². The van der Waals surface area contributed by atoms with E-state index in [0.717, 1.165) is 62.2 Å². The monoisotopic (exact) mass is 543 g/mol. The number of amides is 1. The van der Waals surface area contributed by atoms with E-state index in [1.54, 1.807) is 32.4 Å². The first-order valence-electron chi connectivity index (χ1n) is 14.1. The topological polar surface area (TPSA) is 74.6 Å². The number of nitrogens with zero attached hydrogens (tertiary/aromatic N) is 2. The van der Waals surface area contributed by atoms with Gasteiger partial charge in [0.2, 0.25) is 0 Å². The van der Waals surface area contributed by atoms with Gasteiger partial charge in [0.25, 0.3) is 5.91 Å². The van der Waals surface area contributed by atoms with Gasteiger partial charge in [0.15, 0.2) is 11.5 Å².